The summed E-state index contributed by atoms with van der Waals surface area (Å²) in [6, 6.07) is 10.1. The third-order valence-electron chi connectivity index (χ3n) is 10.2. The fourth-order valence-corrected chi connectivity index (χ4v) is 6.56. The molecular formula is C35H47N7O4. The minimum atomic E-state index is -0.737. The lowest BCUT2D eigenvalue weighted by Gasteiger charge is -2.34. The van der Waals surface area contributed by atoms with Crippen LogP contribution >= 0.6 is 0 Å². The number of rotatable bonds is 11. The Hall–Kier alpha value is -3.67. The van der Waals surface area contributed by atoms with Crippen molar-refractivity contribution in [3.05, 3.63) is 64.4 Å². The zero-order chi connectivity index (χ0) is 31.6. The molecule has 2 atom stereocenters. The van der Waals surface area contributed by atoms with Crippen molar-refractivity contribution in [2.75, 3.05) is 50.0 Å². The topological polar surface area (TPSA) is 128 Å². The lowest BCUT2D eigenvalue weighted by molar-refractivity contribution is 0.0870. The van der Waals surface area contributed by atoms with Gasteiger partial charge in [-0.15, -0.1) is 0 Å². The minimum Gasteiger partial charge on any atom is -0.486 e. The standard InChI is InChI=1S/C35H47N7O4/c1-22-31(46-35(38-22)23-5-3-6-23)21-45-28-10-9-24-16-29(36-19-26(24)15-28)30(43)20-37-34(44)25-17-32(39-27-7-4-8-27)40-33(18-25)42-13-11-41(2)12-14-42/h9-10,15,17-18,23,27,29-30,36,43H,3-8,11-14,16,19-21H2,1-2H3,(H,37,44)(H,39,40)/t29-,30+/m0/s1. The fraction of sp³-hybridized carbons (Fsp3) is 0.571. The second-order valence-corrected chi connectivity index (χ2v) is 13.5. The maximum Gasteiger partial charge on any atom is 0.251 e. The van der Waals surface area contributed by atoms with Gasteiger partial charge in [-0.25, -0.2) is 9.97 Å². The first-order valence-electron chi connectivity index (χ1n) is 17.0. The van der Waals surface area contributed by atoms with Gasteiger partial charge in [0.15, 0.2) is 11.7 Å². The lowest BCUT2D eigenvalue weighted by Crippen LogP contribution is -2.49. The van der Waals surface area contributed by atoms with Gasteiger partial charge in [0.1, 0.15) is 24.0 Å². The lowest BCUT2D eigenvalue weighted by atomic mass is 9.85. The molecule has 4 N–H and O–H groups in total. The number of nitrogens with zero attached hydrogens (tertiary/aromatic N) is 4. The number of pyridine rings is 1. The highest BCUT2D eigenvalue weighted by atomic mass is 16.5. The van der Waals surface area contributed by atoms with Crippen LogP contribution in [0.2, 0.25) is 0 Å². The Balaban J connectivity index is 0.936. The van der Waals surface area contributed by atoms with Gasteiger partial charge in [0.05, 0.1) is 11.8 Å². The maximum atomic E-state index is 13.4. The number of aliphatic hydroxyl groups excluding tert-OH is 1. The Labute approximate surface area is 271 Å². The van der Waals surface area contributed by atoms with Gasteiger partial charge in [0.2, 0.25) is 0 Å². The number of aromatic nitrogens is 2. The summed E-state index contributed by atoms with van der Waals surface area (Å²) in [6.07, 6.45) is 6.96. The highest BCUT2D eigenvalue weighted by molar-refractivity contribution is 5.95. The van der Waals surface area contributed by atoms with Crippen molar-refractivity contribution in [1.29, 1.82) is 0 Å². The largest absolute Gasteiger partial charge is 0.486 e. The number of benzene rings is 1. The number of aryl methyl sites for hydroxylation is 1. The fourth-order valence-electron chi connectivity index (χ4n) is 6.56. The number of hydrogen-bond donors (Lipinski definition) is 4. The van der Waals surface area contributed by atoms with Crippen molar-refractivity contribution >= 4 is 17.5 Å². The summed E-state index contributed by atoms with van der Waals surface area (Å²) in [5.74, 6) is 4.25. The number of piperazine rings is 1. The Morgan fingerprint density at radius 2 is 1.89 bits per heavy atom. The van der Waals surface area contributed by atoms with Gasteiger partial charge in [-0.2, -0.15) is 0 Å². The molecule has 0 spiro atoms. The van der Waals surface area contributed by atoms with Crippen molar-refractivity contribution < 1.29 is 19.1 Å². The van der Waals surface area contributed by atoms with E-state index < -0.39 is 6.10 Å². The molecule has 3 fully saturated rings. The SMILES string of the molecule is Cc1nc(C2CCC2)oc1COc1ccc2c(c1)CN[C@H]([C@H](O)CNC(=O)c1cc(NC3CCC3)nc(N3CCN(C)CC3)c1)C2. The van der Waals surface area contributed by atoms with Gasteiger partial charge in [-0.3, -0.25) is 4.79 Å². The molecule has 0 radical (unpaired) electrons. The van der Waals surface area contributed by atoms with Gasteiger partial charge in [-0.05, 0) is 87.9 Å². The molecule has 1 aromatic carbocycles. The Kier molecular flexibility index (Phi) is 9.15. The predicted octanol–water partition coefficient (Wildman–Crippen LogP) is 3.75. The number of fused-ring (bicyclic) bond motifs is 1. The predicted molar refractivity (Wildman–Crippen MR) is 176 cm³/mol. The van der Waals surface area contributed by atoms with Crippen LogP contribution in [0.3, 0.4) is 0 Å². The number of nitrogens with one attached hydrogen (secondary N) is 3. The van der Waals surface area contributed by atoms with Crippen LogP contribution < -0.4 is 25.6 Å². The van der Waals surface area contributed by atoms with Gasteiger partial charge < -0.3 is 40.0 Å². The summed E-state index contributed by atoms with van der Waals surface area (Å²) < 4.78 is 12.1. The first-order chi connectivity index (χ1) is 22.4. The summed E-state index contributed by atoms with van der Waals surface area (Å²) in [7, 11) is 2.13. The van der Waals surface area contributed by atoms with E-state index in [-0.39, 0.29) is 18.5 Å². The summed E-state index contributed by atoms with van der Waals surface area (Å²) in [5.41, 5.74) is 3.78. The quantitative estimate of drug-likeness (QED) is 0.249. The minimum absolute atomic E-state index is 0.157. The van der Waals surface area contributed by atoms with Crippen LogP contribution in [0, 0.1) is 6.92 Å². The van der Waals surface area contributed by atoms with Crippen LogP contribution in [0.5, 0.6) is 5.75 Å². The van der Waals surface area contributed by atoms with E-state index in [1.807, 2.05) is 25.1 Å². The maximum absolute atomic E-state index is 13.4. The van der Waals surface area contributed by atoms with Gasteiger partial charge in [0.25, 0.3) is 5.91 Å². The van der Waals surface area contributed by atoms with E-state index in [1.165, 1.54) is 18.4 Å². The molecule has 2 aromatic heterocycles. The third kappa shape index (κ3) is 7.01. The number of likely N-dealkylation sites (N-methyl/N-ethyl adjacent to an activating group) is 1. The Bertz CT molecular complexity index is 1530. The molecule has 11 nitrogen and oxygen atoms in total. The summed E-state index contributed by atoms with van der Waals surface area (Å²) >= 11 is 0. The number of oxazole rings is 1. The first kappa shape index (κ1) is 31.0. The molecule has 11 heteroatoms. The first-order valence-corrected chi connectivity index (χ1v) is 17.0. The average Bonchev–Trinajstić information content (AvgIpc) is 3.38. The molecule has 46 heavy (non-hydrogen) atoms. The molecule has 7 rings (SSSR count). The third-order valence-corrected chi connectivity index (χ3v) is 10.2. The van der Waals surface area contributed by atoms with Crippen LogP contribution in [-0.4, -0.2) is 83.8 Å². The van der Waals surface area contributed by atoms with Crippen LogP contribution in [0.25, 0.3) is 0 Å². The molecule has 0 unspecified atom stereocenters. The van der Waals surface area contributed by atoms with Crippen molar-refractivity contribution in [3.8, 4) is 5.75 Å². The second kappa shape index (κ2) is 13.6. The molecule has 2 aliphatic carbocycles. The number of aliphatic hydroxyl groups is 1. The summed E-state index contributed by atoms with van der Waals surface area (Å²) in [6.45, 7) is 6.78. The highest BCUT2D eigenvalue weighted by Gasteiger charge is 2.28. The zero-order valence-electron chi connectivity index (χ0n) is 27.1. The Morgan fingerprint density at radius 1 is 1.09 bits per heavy atom. The van der Waals surface area contributed by atoms with Crippen molar-refractivity contribution in [1.82, 2.24) is 25.5 Å². The van der Waals surface area contributed by atoms with Crippen LogP contribution in [0.4, 0.5) is 11.6 Å². The van der Waals surface area contributed by atoms with Crippen LogP contribution in [0.1, 0.15) is 83.3 Å². The van der Waals surface area contributed by atoms with Gasteiger partial charge >= 0.3 is 0 Å². The normalized spacial score (nSPS) is 21.2. The van der Waals surface area contributed by atoms with E-state index in [2.05, 4.69) is 49.9 Å². The number of carbonyl (C=O) groups is 1. The molecule has 1 amide bonds. The van der Waals surface area contributed by atoms with Gasteiger partial charge in [-0.1, -0.05) is 12.5 Å². The molecule has 4 heterocycles. The molecule has 246 valence electrons. The Morgan fingerprint density at radius 3 is 2.63 bits per heavy atom. The molecule has 4 aliphatic rings. The molecule has 3 aromatic rings. The van der Waals surface area contributed by atoms with Crippen molar-refractivity contribution in [2.45, 2.75) is 89.1 Å². The number of hydrogen-bond acceptors (Lipinski definition) is 10. The number of amides is 1. The average molecular weight is 630 g/mol. The monoisotopic (exact) mass is 629 g/mol. The van der Waals surface area contributed by atoms with Crippen LogP contribution in [0.15, 0.2) is 34.7 Å². The second-order valence-electron chi connectivity index (χ2n) is 13.5. The molecule has 2 aliphatic heterocycles. The molecule has 2 saturated carbocycles. The number of anilines is 2. The number of carbonyl (C=O) groups excluding carboxylic acids is 1. The van der Waals surface area contributed by atoms with E-state index in [9.17, 15) is 9.90 Å². The van der Waals surface area contributed by atoms with E-state index in [0.717, 1.165) is 92.2 Å². The van der Waals surface area contributed by atoms with Crippen LogP contribution in [-0.2, 0) is 19.6 Å². The van der Waals surface area contributed by atoms with E-state index in [0.29, 0.717) is 37.1 Å². The van der Waals surface area contributed by atoms with E-state index in [4.69, 9.17) is 14.1 Å². The van der Waals surface area contributed by atoms with E-state index >= 15 is 0 Å². The summed E-state index contributed by atoms with van der Waals surface area (Å²) in [4.78, 5) is 27.4. The van der Waals surface area contributed by atoms with Crippen molar-refractivity contribution in [3.63, 3.8) is 0 Å². The van der Waals surface area contributed by atoms with Crippen molar-refractivity contribution in [2.24, 2.45) is 0 Å². The summed E-state index contributed by atoms with van der Waals surface area (Å²) in [5, 5.41) is 21.0. The molecule has 0 bridgehead atoms. The smallest absolute Gasteiger partial charge is 0.251 e. The zero-order valence-corrected chi connectivity index (χ0v) is 27.1. The highest BCUT2D eigenvalue weighted by Crippen LogP contribution is 2.36. The van der Waals surface area contributed by atoms with Gasteiger partial charge in [0, 0.05) is 62.8 Å². The number of ether oxygens (including phenoxy) is 1. The molecule has 1 saturated heterocycles. The van der Waals surface area contributed by atoms with E-state index in [1.54, 1.807) is 0 Å². The molecular weight excluding hydrogens is 582 g/mol.